The van der Waals surface area contributed by atoms with Gasteiger partial charge < -0.3 is 9.47 Å². The summed E-state index contributed by atoms with van der Waals surface area (Å²) in [7, 11) is -2.39. The number of aryl methyl sites for hydroxylation is 1. The normalized spacial score (nSPS) is 11.2. The van der Waals surface area contributed by atoms with Crippen LogP contribution in [-0.4, -0.2) is 25.5 Å². The highest BCUT2D eigenvalue weighted by Gasteiger charge is 2.25. The average Bonchev–Trinajstić information content (AvgIpc) is 2.71. The molecule has 0 unspecified atom stereocenters. The molecule has 1 heterocycles. The van der Waals surface area contributed by atoms with Crippen molar-refractivity contribution in [2.75, 3.05) is 11.8 Å². The van der Waals surface area contributed by atoms with Crippen LogP contribution in [0.1, 0.15) is 22.3 Å². The van der Waals surface area contributed by atoms with Crippen LogP contribution < -0.4 is 14.2 Å². The zero-order valence-corrected chi connectivity index (χ0v) is 19.5. The fraction of sp³-hybridized carbons (Fsp3) is 0.238. The van der Waals surface area contributed by atoms with Crippen LogP contribution in [0.4, 0.5) is 5.82 Å². The topological polar surface area (TPSA) is 90.4 Å². The summed E-state index contributed by atoms with van der Waals surface area (Å²) in [6.07, 6.45) is 1.41. The zero-order valence-electron chi connectivity index (χ0n) is 17.1. The Balaban J connectivity index is 1.95. The Morgan fingerprint density at radius 2 is 1.80 bits per heavy atom. The predicted molar refractivity (Wildman–Crippen MR) is 119 cm³/mol. The van der Waals surface area contributed by atoms with E-state index in [1.807, 2.05) is 37.3 Å². The lowest BCUT2D eigenvalue weighted by molar-refractivity contribution is 0.294. The van der Waals surface area contributed by atoms with Crippen LogP contribution in [0.5, 0.6) is 11.6 Å². The molecule has 0 spiro atoms. The zero-order chi connectivity index (χ0) is 21.9. The maximum absolute atomic E-state index is 13.2. The Labute approximate surface area is 184 Å². The molecule has 0 aliphatic rings. The number of anilines is 1. The van der Waals surface area contributed by atoms with Gasteiger partial charge in [-0.3, -0.25) is 4.72 Å². The summed E-state index contributed by atoms with van der Waals surface area (Å²) in [6, 6.07) is 11.2. The molecule has 3 aromatic rings. The van der Waals surface area contributed by atoms with Gasteiger partial charge in [-0.1, -0.05) is 30.3 Å². The molecule has 3 rings (SSSR count). The average molecular weight is 492 g/mol. The number of rotatable bonds is 7. The fourth-order valence-electron chi connectivity index (χ4n) is 3.07. The van der Waals surface area contributed by atoms with Gasteiger partial charge in [-0.25, -0.2) is 18.4 Å². The molecule has 0 atom stereocenters. The van der Waals surface area contributed by atoms with E-state index in [0.717, 1.165) is 11.1 Å². The Morgan fingerprint density at radius 1 is 1.10 bits per heavy atom. The molecule has 30 heavy (non-hydrogen) atoms. The lowest BCUT2D eigenvalue weighted by Gasteiger charge is -2.17. The van der Waals surface area contributed by atoms with Gasteiger partial charge in [0.2, 0.25) is 5.82 Å². The van der Waals surface area contributed by atoms with Crippen molar-refractivity contribution in [2.45, 2.75) is 32.3 Å². The largest absolute Gasteiger partial charge is 0.496 e. The number of hydrogen-bond donors (Lipinski definition) is 1. The number of benzene rings is 2. The van der Waals surface area contributed by atoms with E-state index in [0.29, 0.717) is 21.5 Å². The van der Waals surface area contributed by atoms with Gasteiger partial charge in [-0.15, -0.1) is 0 Å². The molecular formula is C21H22BrN3O4S. The first-order chi connectivity index (χ1) is 14.2. The molecule has 1 aromatic heterocycles. The molecule has 0 bridgehead atoms. The summed E-state index contributed by atoms with van der Waals surface area (Å²) in [6.45, 7) is 5.52. The number of nitrogens with one attached hydrogen (secondary N) is 1. The van der Waals surface area contributed by atoms with Crippen LogP contribution in [0.15, 0.2) is 52.1 Å². The molecule has 0 aliphatic carbocycles. The smallest absolute Gasteiger partial charge is 0.263 e. The van der Waals surface area contributed by atoms with E-state index in [4.69, 9.17) is 9.47 Å². The molecule has 0 amide bonds. The molecule has 7 nitrogen and oxygen atoms in total. The van der Waals surface area contributed by atoms with Crippen molar-refractivity contribution in [3.63, 3.8) is 0 Å². The van der Waals surface area contributed by atoms with Crippen molar-refractivity contribution < 1.29 is 17.9 Å². The van der Waals surface area contributed by atoms with Gasteiger partial charge in [0.25, 0.3) is 15.9 Å². The minimum atomic E-state index is -3.94. The van der Waals surface area contributed by atoms with Crippen molar-refractivity contribution >= 4 is 31.8 Å². The molecule has 0 radical (unpaired) electrons. The number of methoxy groups -OCH3 is 1. The summed E-state index contributed by atoms with van der Waals surface area (Å²) in [5.74, 6) is 0.734. The first kappa shape index (κ1) is 22.0. The van der Waals surface area contributed by atoms with E-state index < -0.39 is 10.0 Å². The number of halogens is 1. The van der Waals surface area contributed by atoms with Gasteiger partial charge in [0.15, 0.2) is 0 Å². The molecule has 0 saturated heterocycles. The second-order valence-corrected chi connectivity index (χ2v) is 9.13. The number of ether oxygens (including phenoxy) is 2. The van der Waals surface area contributed by atoms with E-state index in [9.17, 15) is 8.42 Å². The minimum absolute atomic E-state index is 0.0152. The van der Waals surface area contributed by atoms with Gasteiger partial charge in [0.1, 0.15) is 17.0 Å². The van der Waals surface area contributed by atoms with E-state index in [1.54, 1.807) is 27.0 Å². The van der Waals surface area contributed by atoms with Crippen LogP contribution in [0.25, 0.3) is 0 Å². The lowest BCUT2D eigenvalue weighted by Crippen LogP contribution is -2.18. The van der Waals surface area contributed by atoms with Crippen molar-refractivity contribution in [1.82, 2.24) is 9.97 Å². The highest BCUT2D eigenvalue weighted by atomic mass is 79.9. The summed E-state index contributed by atoms with van der Waals surface area (Å²) in [4.78, 5) is 8.59. The first-order valence-electron chi connectivity index (χ1n) is 9.10. The van der Waals surface area contributed by atoms with Crippen LogP contribution in [-0.2, 0) is 16.6 Å². The third kappa shape index (κ3) is 4.73. The number of sulfonamides is 1. The highest BCUT2D eigenvalue weighted by molar-refractivity contribution is 9.10. The third-order valence-corrected chi connectivity index (χ3v) is 6.64. The lowest BCUT2D eigenvalue weighted by atomic mass is 10.1. The molecule has 9 heteroatoms. The molecule has 158 valence electrons. The van der Waals surface area contributed by atoms with E-state index in [2.05, 4.69) is 30.6 Å². The fourth-order valence-corrected chi connectivity index (χ4v) is 4.87. The maximum atomic E-state index is 13.2. The minimum Gasteiger partial charge on any atom is -0.496 e. The second-order valence-electron chi connectivity index (χ2n) is 6.70. The van der Waals surface area contributed by atoms with Gasteiger partial charge in [-0.2, -0.15) is 0 Å². The standard InChI is InChI=1S/C21H22BrN3O4S/c1-13-10-17(28-4)14(2)15(3)19(13)30(26,27)25-20-21(24-18(22)11-23-20)29-12-16-8-6-5-7-9-16/h5-11H,12H2,1-4H3,(H,23,25). The number of hydrogen-bond acceptors (Lipinski definition) is 6. The monoisotopic (exact) mass is 491 g/mol. The van der Waals surface area contributed by atoms with Crippen LogP contribution in [0.2, 0.25) is 0 Å². The Morgan fingerprint density at radius 3 is 2.47 bits per heavy atom. The Kier molecular flexibility index (Phi) is 6.62. The summed E-state index contributed by atoms with van der Waals surface area (Å²) in [5, 5.41) is 0. The summed E-state index contributed by atoms with van der Waals surface area (Å²) >= 11 is 3.25. The van der Waals surface area contributed by atoms with Crippen LogP contribution in [0, 0.1) is 20.8 Å². The van der Waals surface area contributed by atoms with Crippen molar-refractivity contribution in [3.05, 3.63) is 69.5 Å². The second kappa shape index (κ2) is 9.01. The van der Waals surface area contributed by atoms with Crippen LogP contribution >= 0.6 is 15.9 Å². The van der Waals surface area contributed by atoms with Gasteiger partial charge in [-0.05, 0) is 65.0 Å². The molecule has 0 aliphatic heterocycles. The molecular weight excluding hydrogens is 470 g/mol. The molecule has 2 aromatic carbocycles. The van der Waals surface area contributed by atoms with Crippen molar-refractivity contribution in [1.29, 1.82) is 0 Å². The van der Waals surface area contributed by atoms with Crippen molar-refractivity contribution in [2.24, 2.45) is 0 Å². The summed E-state index contributed by atoms with van der Waals surface area (Å²) in [5.41, 5.74) is 2.85. The van der Waals surface area contributed by atoms with Gasteiger partial charge >= 0.3 is 0 Å². The van der Waals surface area contributed by atoms with E-state index >= 15 is 0 Å². The van der Waals surface area contributed by atoms with Gasteiger partial charge in [0.05, 0.1) is 18.2 Å². The predicted octanol–water partition coefficient (Wildman–Crippen LogP) is 4.55. The maximum Gasteiger partial charge on any atom is 0.263 e. The SMILES string of the molecule is COc1cc(C)c(S(=O)(=O)Nc2ncc(Br)nc2OCc2ccccc2)c(C)c1C. The molecule has 0 saturated carbocycles. The quantitative estimate of drug-likeness (QED) is 0.521. The van der Waals surface area contributed by atoms with Crippen molar-refractivity contribution in [3.8, 4) is 11.6 Å². The summed E-state index contributed by atoms with van der Waals surface area (Å²) < 4.78 is 40.5. The highest BCUT2D eigenvalue weighted by Crippen LogP contribution is 2.32. The number of aromatic nitrogens is 2. The van der Waals surface area contributed by atoms with E-state index in [1.165, 1.54) is 6.20 Å². The number of nitrogens with zero attached hydrogens (tertiary/aromatic N) is 2. The molecule has 1 N–H and O–H groups in total. The van der Waals surface area contributed by atoms with Gasteiger partial charge in [0, 0.05) is 0 Å². The van der Waals surface area contributed by atoms with E-state index in [-0.39, 0.29) is 23.2 Å². The Hall–Kier alpha value is -2.65. The Bertz CT molecular complexity index is 1170. The molecule has 0 fully saturated rings. The van der Waals surface area contributed by atoms with Crippen LogP contribution in [0.3, 0.4) is 0 Å². The third-order valence-electron chi connectivity index (χ3n) is 4.63. The first-order valence-corrected chi connectivity index (χ1v) is 11.4.